The van der Waals surface area contributed by atoms with Crippen LogP contribution in [0.1, 0.15) is 24.2 Å². The van der Waals surface area contributed by atoms with Crippen molar-refractivity contribution in [2.75, 3.05) is 44.8 Å². The Hall–Kier alpha value is -1.65. The van der Waals surface area contributed by atoms with Gasteiger partial charge in [0.15, 0.2) is 9.84 Å². The molecule has 0 aliphatic carbocycles. The predicted octanol–water partition coefficient (Wildman–Crippen LogP) is 0.596. The Morgan fingerprint density at radius 2 is 1.77 bits per heavy atom. The van der Waals surface area contributed by atoms with E-state index in [2.05, 4.69) is 0 Å². The second-order valence-corrected chi connectivity index (χ2v) is 10.1. The summed E-state index contributed by atoms with van der Waals surface area (Å²) in [6.45, 7) is 4.26. The summed E-state index contributed by atoms with van der Waals surface area (Å²) in [5.41, 5.74) is 0.191. The van der Waals surface area contributed by atoms with Gasteiger partial charge in [-0.15, -0.1) is 0 Å². The molecule has 0 unspecified atom stereocenters. The lowest BCUT2D eigenvalue weighted by molar-refractivity contribution is 0.0770. The van der Waals surface area contributed by atoms with E-state index in [-0.39, 0.29) is 40.8 Å². The number of carbonyl (C=O) groups is 1. The monoisotopic (exact) mass is 404 g/mol. The van der Waals surface area contributed by atoms with Crippen molar-refractivity contribution in [1.29, 1.82) is 0 Å². The van der Waals surface area contributed by atoms with Crippen molar-refractivity contribution >= 4 is 25.8 Å². The number of benzene rings is 1. The molecule has 1 aromatic rings. The Morgan fingerprint density at radius 3 is 2.27 bits per heavy atom. The number of rotatable bonds is 6. The summed E-state index contributed by atoms with van der Waals surface area (Å²) < 4.78 is 55.2. The van der Waals surface area contributed by atoms with Gasteiger partial charge in [0.1, 0.15) is 10.6 Å². The zero-order chi connectivity index (χ0) is 19.5. The molecule has 0 atom stereocenters. The zero-order valence-electron chi connectivity index (χ0n) is 15.1. The fourth-order valence-corrected chi connectivity index (χ4v) is 5.65. The van der Waals surface area contributed by atoms with E-state index in [0.29, 0.717) is 13.1 Å². The van der Waals surface area contributed by atoms with E-state index < -0.39 is 25.8 Å². The fourth-order valence-electron chi connectivity index (χ4n) is 2.81. The van der Waals surface area contributed by atoms with Crippen LogP contribution in [-0.4, -0.2) is 76.7 Å². The van der Waals surface area contributed by atoms with Crippen molar-refractivity contribution in [2.45, 2.75) is 18.7 Å². The van der Waals surface area contributed by atoms with Crippen LogP contribution < -0.4 is 4.74 Å². The molecule has 0 spiro atoms. The van der Waals surface area contributed by atoms with E-state index >= 15 is 0 Å². The normalized spacial score (nSPS) is 17.3. The SMILES string of the molecule is CCN(CC)S(=O)(=O)c1cc(C(=O)N2CCS(=O)(=O)CC2)ccc1OC. The van der Waals surface area contributed by atoms with Crippen molar-refractivity contribution in [3.63, 3.8) is 0 Å². The highest BCUT2D eigenvalue weighted by molar-refractivity contribution is 7.91. The second kappa shape index (κ2) is 7.93. The van der Waals surface area contributed by atoms with Crippen molar-refractivity contribution in [3.8, 4) is 5.75 Å². The lowest BCUT2D eigenvalue weighted by atomic mass is 10.2. The summed E-state index contributed by atoms with van der Waals surface area (Å²) in [5, 5.41) is 0. The molecule has 1 saturated heterocycles. The topological polar surface area (TPSA) is 101 Å². The maximum Gasteiger partial charge on any atom is 0.253 e. The molecule has 0 radical (unpaired) electrons. The molecule has 1 aromatic carbocycles. The van der Waals surface area contributed by atoms with Crippen molar-refractivity contribution in [3.05, 3.63) is 23.8 Å². The summed E-state index contributed by atoms with van der Waals surface area (Å²) >= 11 is 0. The Balaban J connectivity index is 2.39. The molecule has 0 aromatic heterocycles. The predicted molar refractivity (Wildman–Crippen MR) is 97.7 cm³/mol. The van der Waals surface area contributed by atoms with Gasteiger partial charge in [0.25, 0.3) is 5.91 Å². The summed E-state index contributed by atoms with van der Waals surface area (Å²) in [7, 11) is -5.55. The third kappa shape index (κ3) is 4.18. The molecule has 10 heteroatoms. The smallest absolute Gasteiger partial charge is 0.253 e. The van der Waals surface area contributed by atoms with E-state index in [9.17, 15) is 21.6 Å². The van der Waals surface area contributed by atoms with E-state index in [0.717, 1.165) is 0 Å². The molecule has 2 rings (SSSR count). The molecule has 1 amide bonds. The van der Waals surface area contributed by atoms with Crippen LogP contribution in [-0.2, 0) is 19.9 Å². The van der Waals surface area contributed by atoms with Gasteiger partial charge in [-0.05, 0) is 18.2 Å². The molecule has 26 heavy (non-hydrogen) atoms. The van der Waals surface area contributed by atoms with E-state index in [4.69, 9.17) is 4.74 Å². The maximum absolute atomic E-state index is 12.9. The van der Waals surface area contributed by atoms with Crippen LogP contribution in [0.4, 0.5) is 0 Å². The molecular weight excluding hydrogens is 380 g/mol. The first-order valence-corrected chi connectivity index (χ1v) is 11.6. The van der Waals surface area contributed by atoms with Crippen molar-refractivity contribution in [2.24, 2.45) is 0 Å². The van der Waals surface area contributed by atoms with Crippen LogP contribution in [0.3, 0.4) is 0 Å². The molecule has 0 N–H and O–H groups in total. The Bertz CT molecular complexity index is 862. The number of amides is 1. The van der Waals surface area contributed by atoms with Gasteiger partial charge in [0.05, 0.1) is 18.6 Å². The highest BCUT2D eigenvalue weighted by Crippen LogP contribution is 2.28. The van der Waals surface area contributed by atoms with Crippen LogP contribution in [0, 0.1) is 0 Å². The quantitative estimate of drug-likeness (QED) is 0.688. The minimum atomic E-state index is -3.81. The van der Waals surface area contributed by atoms with Crippen LogP contribution in [0.5, 0.6) is 5.75 Å². The molecule has 146 valence electrons. The minimum absolute atomic E-state index is 0.0702. The second-order valence-electron chi connectivity index (χ2n) is 5.90. The molecule has 8 nitrogen and oxygen atoms in total. The fraction of sp³-hybridized carbons (Fsp3) is 0.562. The number of sulfonamides is 1. The lowest BCUT2D eigenvalue weighted by Gasteiger charge is -2.27. The Labute approximate surface area is 154 Å². The average Bonchev–Trinajstić information content (AvgIpc) is 2.61. The van der Waals surface area contributed by atoms with Crippen LogP contribution in [0.25, 0.3) is 0 Å². The van der Waals surface area contributed by atoms with Gasteiger partial charge in [-0.3, -0.25) is 4.79 Å². The Morgan fingerprint density at radius 1 is 1.19 bits per heavy atom. The van der Waals surface area contributed by atoms with Gasteiger partial charge >= 0.3 is 0 Å². The first kappa shape index (κ1) is 20.7. The van der Waals surface area contributed by atoms with Gasteiger partial charge in [0, 0.05) is 31.7 Å². The van der Waals surface area contributed by atoms with Crippen molar-refractivity contribution in [1.82, 2.24) is 9.21 Å². The first-order valence-electron chi connectivity index (χ1n) is 8.34. The van der Waals surface area contributed by atoms with Gasteiger partial charge in [-0.2, -0.15) is 4.31 Å². The number of hydrogen-bond acceptors (Lipinski definition) is 6. The van der Waals surface area contributed by atoms with Gasteiger partial charge in [-0.25, -0.2) is 16.8 Å². The molecule has 0 saturated carbocycles. The summed E-state index contributed by atoms with van der Waals surface area (Å²) in [6.07, 6.45) is 0. The lowest BCUT2D eigenvalue weighted by Crippen LogP contribution is -2.43. The van der Waals surface area contributed by atoms with Gasteiger partial charge in [-0.1, -0.05) is 13.8 Å². The minimum Gasteiger partial charge on any atom is -0.495 e. The summed E-state index contributed by atoms with van der Waals surface area (Å²) in [4.78, 5) is 14.0. The number of hydrogen-bond donors (Lipinski definition) is 0. The Kier molecular flexibility index (Phi) is 6.30. The number of ether oxygens (including phenoxy) is 1. The number of nitrogens with zero attached hydrogens (tertiary/aromatic N) is 2. The van der Waals surface area contributed by atoms with Crippen LogP contribution >= 0.6 is 0 Å². The van der Waals surface area contributed by atoms with Crippen LogP contribution in [0.2, 0.25) is 0 Å². The largest absolute Gasteiger partial charge is 0.495 e. The number of carbonyl (C=O) groups excluding carboxylic acids is 1. The molecule has 1 aliphatic rings. The highest BCUT2D eigenvalue weighted by Gasteiger charge is 2.29. The van der Waals surface area contributed by atoms with E-state index in [1.54, 1.807) is 13.8 Å². The van der Waals surface area contributed by atoms with E-state index in [1.165, 1.54) is 34.5 Å². The van der Waals surface area contributed by atoms with Gasteiger partial charge < -0.3 is 9.64 Å². The third-order valence-corrected chi connectivity index (χ3v) is 8.05. The first-order chi connectivity index (χ1) is 12.2. The molecule has 0 bridgehead atoms. The number of methoxy groups -OCH3 is 1. The summed E-state index contributed by atoms with van der Waals surface area (Å²) in [6, 6.07) is 4.24. The number of sulfone groups is 1. The third-order valence-electron chi connectivity index (χ3n) is 4.37. The van der Waals surface area contributed by atoms with Gasteiger partial charge in [0.2, 0.25) is 10.0 Å². The standard InChI is InChI=1S/C16H24N2O6S2/c1-4-18(5-2)26(22,23)15-12-13(6-7-14(15)24-3)16(19)17-8-10-25(20,21)11-9-17/h6-7,12H,4-5,8-11H2,1-3H3. The molecule has 1 fully saturated rings. The average molecular weight is 405 g/mol. The molecular formula is C16H24N2O6S2. The summed E-state index contributed by atoms with van der Waals surface area (Å²) in [5.74, 6) is -0.396. The van der Waals surface area contributed by atoms with E-state index in [1.807, 2.05) is 0 Å². The maximum atomic E-state index is 12.9. The van der Waals surface area contributed by atoms with Crippen molar-refractivity contribution < 1.29 is 26.4 Å². The molecule has 1 heterocycles. The highest BCUT2D eigenvalue weighted by atomic mass is 32.2. The van der Waals surface area contributed by atoms with Crippen LogP contribution in [0.15, 0.2) is 23.1 Å². The zero-order valence-corrected chi connectivity index (χ0v) is 16.8. The molecule has 1 aliphatic heterocycles.